The van der Waals surface area contributed by atoms with Crippen molar-refractivity contribution < 1.29 is 28.3 Å². The predicted molar refractivity (Wildman–Crippen MR) is 79.3 cm³/mol. The van der Waals surface area contributed by atoms with Crippen molar-refractivity contribution >= 4 is 23.7 Å². The van der Waals surface area contributed by atoms with E-state index in [1.165, 1.54) is 13.8 Å². The van der Waals surface area contributed by atoms with Crippen LogP contribution in [-0.4, -0.2) is 31.1 Å². The first kappa shape index (κ1) is 17.7. The molecule has 0 aliphatic rings. The summed E-state index contributed by atoms with van der Waals surface area (Å²) in [6.45, 7) is 6.85. The molecule has 0 aliphatic carbocycles. The van der Waals surface area contributed by atoms with Crippen molar-refractivity contribution in [2.45, 2.75) is 40.5 Å². The molecule has 0 saturated heterocycles. The second-order valence-electron chi connectivity index (χ2n) is 4.63. The third-order valence-corrected chi connectivity index (χ3v) is 2.86. The third kappa shape index (κ3) is 4.34. The van der Waals surface area contributed by atoms with Gasteiger partial charge in [0.2, 0.25) is 5.88 Å². The van der Waals surface area contributed by atoms with E-state index in [-0.39, 0.29) is 41.8 Å². The van der Waals surface area contributed by atoms with Gasteiger partial charge in [-0.15, -0.1) is 0 Å². The van der Waals surface area contributed by atoms with Crippen molar-refractivity contribution in [2.24, 2.45) is 0 Å². The second-order valence-corrected chi connectivity index (χ2v) is 4.63. The Hall–Kier alpha value is -2.31. The van der Waals surface area contributed by atoms with Crippen LogP contribution in [-0.2, 0) is 9.47 Å². The SMILES string of the molecule is CCCCOC(=O)Nc1oc(C)c(C(C)=O)c1C(=O)OCC. The van der Waals surface area contributed by atoms with E-state index in [1.54, 1.807) is 6.92 Å². The summed E-state index contributed by atoms with van der Waals surface area (Å²) in [5.74, 6) is -0.979. The molecule has 0 saturated carbocycles. The van der Waals surface area contributed by atoms with E-state index < -0.39 is 12.1 Å². The highest BCUT2D eigenvalue weighted by molar-refractivity contribution is 6.10. The quantitative estimate of drug-likeness (QED) is 0.471. The van der Waals surface area contributed by atoms with Crippen LogP contribution >= 0.6 is 0 Å². The molecule has 0 radical (unpaired) electrons. The van der Waals surface area contributed by atoms with Gasteiger partial charge in [0, 0.05) is 0 Å². The summed E-state index contributed by atoms with van der Waals surface area (Å²) in [6, 6.07) is 0. The van der Waals surface area contributed by atoms with Gasteiger partial charge in [0.1, 0.15) is 11.3 Å². The Morgan fingerprint density at radius 1 is 1.14 bits per heavy atom. The number of carbonyl (C=O) groups is 3. The average molecular weight is 311 g/mol. The summed E-state index contributed by atoms with van der Waals surface area (Å²) in [5.41, 5.74) is 0.0154. The standard InChI is InChI=1S/C15H21NO6/c1-5-7-8-21-15(19)16-13-12(14(18)20-6-2)11(9(3)17)10(4)22-13/h5-8H2,1-4H3,(H,16,19). The van der Waals surface area contributed by atoms with Gasteiger partial charge in [0.05, 0.1) is 18.8 Å². The number of amides is 1. The summed E-state index contributed by atoms with van der Waals surface area (Å²) < 4.78 is 15.2. The molecule has 0 spiro atoms. The molecule has 7 nitrogen and oxygen atoms in total. The maximum Gasteiger partial charge on any atom is 0.413 e. The maximum absolute atomic E-state index is 12.0. The summed E-state index contributed by atoms with van der Waals surface area (Å²) in [7, 11) is 0. The van der Waals surface area contributed by atoms with E-state index >= 15 is 0 Å². The molecule has 1 aromatic rings. The van der Waals surface area contributed by atoms with E-state index in [1.807, 2.05) is 6.92 Å². The lowest BCUT2D eigenvalue weighted by atomic mass is 10.1. The topological polar surface area (TPSA) is 94.8 Å². The van der Waals surface area contributed by atoms with Gasteiger partial charge in [-0.1, -0.05) is 13.3 Å². The van der Waals surface area contributed by atoms with Crippen LogP contribution in [0.2, 0.25) is 0 Å². The van der Waals surface area contributed by atoms with Crippen molar-refractivity contribution in [3.8, 4) is 0 Å². The normalized spacial score (nSPS) is 10.2. The number of nitrogens with one attached hydrogen (secondary N) is 1. The molecule has 1 rings (SSSR count). The summed E-state index contributed by atoms with van der Waals surface area (Å²) >= 11 is 0. The molecule has 0 fully saturated rings. The number of unbranched alkanes of at least 4 members (excludes halogenated alkanes) is 1. The predicted octanol–water partition coefficient (Wildman–Crippen LogP) is 3.32. The van der Waals surface area contributed by atoms with Crippen molar-refractivity contribution in [3.05, 3.63) is 16.9 Å². The molecule has 1 aromatic heterocycles. The van der Waals surface area contributed by atoms with Gasteiger partial charge in [-0.3, -0.25) is 10.1 Å². The number of aryl methyl sites for hydroxylation is 1. The highest BCUT2D eigenvalue weighted by atomic mass is 16.6. The van der Waals surface area contributed by atoms with Crippen molar-refractivity contribution in [1.82, 2.24) is 0 Å². The number of ether oxygens (including phenoxy) is 2. The van der Waals surface area contributed by atoms with Crippen LogP contribution < -0.4 is 5.32 Å². The van der Waals surface area contributed by atoms with Crippen LogP contribution in [0.3, 0.4) is 0 Å². The molecule has 7 heteroatoms. The van der Waals surface area contributed by atoms with Crippen molar-refractivity contribution in [3.63, 3.8) is 0 Å². The lowest BCUT2D eigenvalue weighted by molar-refractivity contribution is 0.0524. The fourth-order valence-electron chi connectivity index (χ4n) is 1.89. The summed E-state index contributed by atoms with van der Waals surface area (Å²) in [6.07, 6.45) is 0.867. The van der Waals surface area contributed by atoms with Crippen LogP contribution in [0.1, 0.15) is 60.1 Å². The number of hydrogen-bond donors (Lipinski definition) is 1. The molecule has 0 bridgehead atoms. The molecule has 1 heterocycles. The van der Waals surface area contributed by atoms with Crippen LogP contribution in [0.4, 0.5) is 10.7 Å². The molecule has 22 heavy (non-hydrogen) atoms. The molecule has 1 N–H and O–H groups in total. The van der Waals surface area contributed by atoms with Gasteiger partial charge < -0.3 is 13.9 Å². The van der Waals surface area contributed by atoms with Crippen LogP contribution in [0.5, 0.6) is 0 Å². The number of rotatable bonds is 7. The van der Waals surface area contributed by atoms with E-state index in [0.29, 0.717) is 0 Å². The number of carbonyl (C=O) groups excluding carboxylic acids is 3. The van der Waals surface area contributed by atoms with Gasteiger partial charge in [-0.25, -0.2) is 9.59 Å². The first-order valence-electron chi connectivity index (χ1n) is 7.17. The van der Waals surface area contributed by atoms with Gasteiger partial charge in [0.25, 0.3) is 0 Å². The first-order valence-corrected chi connectivity index (χ1v) is 7.17. The summed E-state index contributed by atoms with van der Waals surface area (Å²) in [4.78, 5) is 35.4. The molecule has 1 amide bonds. The van der Waals surface area contributed by atoms with E-state index in [0.717, 1.165) is 12.8 Å². The lowest BCUT2D eigenvalue weighted by Crippen LogP contribution is -2.17. The smallest absolute Gasteiger partial charge is 0.413 e. The zero-order chi connectivity index (χ0) is 16.7. The number of ketones is 1. The molecule has 0 unspecified atom stereocenters. The Morgan fingerprint density at radius 2 is 1.82 bits per heavy atom. The van der Waals surface area contributed by atoms with Gasteiger partial charge in [-0.05, 0) is 27.2 Å². The van der Waals surface area contributed by atoms with Gasteiger partial charge in [0.15, 0.2) is 5.78 Å². The number of furan rings is 1. The number of hydrogen-bond acceptors (Lipinski definition) is 6. The lowest BCUT2D eigenvalue weighted by Gasteiger charge is -2.06. The van der Waals surface area contributed by atoms with E-state index in [2.05, 4.69) is 5.32 Å². The Bertz CT molecular complexity index is 561. The number of Topliss-reactive ketones (excluding diaryl/α,β-unsaturated/α-hetero) is 1. The minimum atomic E-state index is -0.747. The monoisotopic (exact) mass is 311 g/mol. The van der Waals surface area contributed by atoms with Gasteiger partial charge in [-0.2, -0.15) is 0 Å². The second kappa shape index (κ2) is 8.21. The Morgan fingerprint density at radius 3 is 2.36 bits per heavy atom. The first-order chi connectivity index (χ1) is 10.4. The Balaban J connectivity index is 3.03. The molecule has 0 aliphatic heterocycles. The molecular weight excluding hydrogens is 290 g/mol. The van der Waals surface area contributed by atoms with E-state index in [4.69, 9.17) is 13.9 Å². The number of esters is 1. The Kier molecular flexibility index (Phi) is 6.62. The number of anilines is 1. The van der Waals surface area contributed by atoms with Crippen LogP contribution in [0.25, 0.3) is 0 Å². The Labute approximate surface area is 129 Å². The minimum Gasteiger partial charge on any atom is -0.462 e. The minimum absolute atomic E-state index is 0.0840. The third-order valence-electron chi connectivity index (χ3n) is 2.86. The summed E-state index contributed by atoms with van der Waals surface area (Å²) in [5, 5.41) is 2.34. The van der Waals surface area contributed by atoms with E-state index in [9.17, 15) is 14.4 Å². The average Bonchev–Trinajstić information content (AvgIpc) is 2.75. The highest BCUT2D eigenvalue weighted by Gasteiger charge is 2.28. The molecular formula is C15H21NO6. The van der Waals surface area contributed by atoms with Crippen LogP contribution in [0.15, 0.2) is 4.42 Å². The fraction of sp³-hybridized carbons (Fsp3) is 0.533. The molecule has 0 atom stereocenters. The van der Waals surface area contributed by atoms with Crippen LogP contribution in [0, 0.1) is 6.92 Å². The molecule has 0 aromatic carbocycles. The maximum atomic E-state index is 12.0. The van der Waals surface area contributed by atoms with Crippen molar-refractivity contribution in [1.29, 1.82) is 0 Å². The highest BCUT2D eigenvalue weighted by Crippen LogP contribution is 2.28. The zero-order valence-corrected chi connectivity index (χ0v) is 13.3. The molecule has 122 valence electrons. The fourth-order valence-corrected chi connectivity index (χ4v) is 1.89. The zero-order valence-electron chi connectivity index (χ0n) is 13.3. The van der Waals surface area contributed by atoms with Crippen molar-refractivity contribution in [2.75, 3.05) is 18.5 Å². The van der Waals surface area contributed by atoms with Gasteiger partial charge >= 0.3 is 12.1 Å². The largest absolute Gasteiger partial charge is 0.462 e.